The summed E-state index contributed by atoms with van der Waals surface area (Å²) in [4.78, 5) is 39.9. The van der Waals surface area contributed by atoms with Gasteiger partial charge in [-0.25, -0.2) is 4.79 Å². The van der Waals surface area contributed by atoms with E-state index in [-0.39, 0.29) is 49.0 Å². The smallest absolute Gasteiger partial charge is 0.407 e. The van der Waals surface area contributed by atoms with E-state index < -0.39 is 95.4 Å². The topological polar surface area (TPSA) is 189 Å². The monoisotopic (exact) mass is 914 g/mol. The van der Waals surface area contributed by atoms with Crippen LogP contribution in [-0.2, 0) is 42.7 Å². The Morgan fingerprint density at radius 3 is 2.24 bits per heavy atom. The van der Waals surface area contributed by atoms with Crippen LogP contribution in [0.25, 0.3) is 0 Å². The second-order valence-corrected chi connectivity index (χ2v) is 20.2. The van der Waals surface area contributed by atoms with Crippen molar-refractivity contribution in [2.45, 2.75) is 205 Å². The van der Waals surface area contributed by atoms with E-state index in [1.807, 2.05) is 46.8 Å². The summed E-state index contributed by atoms with van der Waals surface area (Å²) in [7, 11) is 0. The number of halogens is 1. The van der Waals surface area contributed by atoms with Crippen LogP contribution in [0.1, 0.15) is 133 Å². The lowest BCUT2D eigenvalue weighted by Crippen LogP contribution is -2.62. The molecule has 2 unspecified atom stereocenters. The van der Waals surface area contributed by atoms with Crippen LogP contribution in [0.4, 0.5) is 4.79 Å². The van der Waals surface area contributed by atoms with E-state index in [1.165, 1.54) is 0 Å². The first-order valence-electron chi connectivity index (χ1n) is 24.1. The normalized spacial score (nSPS) is 40.7. The summed E-state index contributed by atoms with van der Waals surface area (Å²) >= 11 is 5.71. The number of carboxylic acids is 1. The molecular formula is C48H80ClNO13. The van der Waals surface area contributed by atoms with Crippen LogP contribution in [0.2, 0.25) is 0 Å². The van der Waals surface area contributed by atoms with Gasteiger partial charge >= 0.3 is 12.1 Å². The Bertz CT molecular complexity index is 1550. The van der Waals surface area contributed by atoms with Crippen LogP contribution in [0.15, 0.2) is 12.2 Å². The highest BCUT2D eigenvalue weighted by molar-refractivity contribution is 6.17. The lowest BCUT2D eigenvalue weighted by atomic mass is 9.72. The third-order valence-corrected chi connectivity index (χ3v) is 15.8. The second-order valence-electron chi connectivity index (χ2n) is 19.8. The summed E-state index contributed by atoms with van der Waals surface area (Å²) < 4.78 is 44.9. The number of hydrogen-bond donors (Lipinski definition) is 4. The number of carboxylic acid groups (broad SMARTS) is 1. The number of ketones is 1. The molecule has 1 spiro atoms. The number of alkyl halides is 1. The summed E-state index contributed by atoms with van der Waals surface area (Å²) in [5.41, 5.74) is -1.56. The van der Waals surface area contributed by atoms with Crippen molar-refractivity contribution in [1.82, 2.24) is 5.32 Å². The molecule has 0 bridgehead atoms. The van der Waals surface area contributed by atoms with E-state index >= 15 is 0 Å². The molecule has 5 rings (SSSR count). The molecule has 0 aliphatic carbocycles. The van der Waals surface area contributed by atoms with E-state index in [0.717, 1.165) is 6.42 Å². The molecule has 63 heavy (non-hydrogen) atoms. The van der Waals surface area contributed by atoms with Crippen molar-refractivity contribution in [2.24, 2.45) is 41.4 Å². The summed E-state index contributed by atoms with van der Waals surface area (Å²) in [6.45, 7) is 20.3. The number of aliphatic hydroxyl groups excluding tert-OH is 1. The molecule has 14 nitrogen and oxygen atoms in total. The van der Waals surface area contributed by atoms with Crippen LogP contribution < -0.4 is 5.32 Å². The van der Waals surface area contributed by atoms with Crippen molar-refractivity contribution >= 4 is 29.4 Å². The van der Waals surface area contributed by atoms with Gasteiger partial charge in [-0.2, -0.15) is 0 Å². The van der Waals surface area contributed by atoms with E-state index in [4.69, 9.17) is 44.8 Å². The fourth-order valence-corrected chi connectivity index (χ4v) is 11.5. The molecule has 362 valence electrons. The van der Waals surface area contributed by atoms with Crippen molar-refractivity contribution in [3.63, 3.8) is 0 Å². The number of rotatable bonds is 19. The van der Waals surface area contributed by atoms with E-state index in [1.54, 1.807) is 6.92 Å². The summed E-state index contributed by atoms with van der Waals surface area (Å²) in [5.74, 6) is -4.32. The van der Waals surface area contributed by atoms with Crippen molar-refractivity contribution in [2.75, 3.05) is 25.7 Å². The van der Waals surface area contributed by atoms with Gasteiger partial charge in [0.1, 0.15) is 18.5 Å². The first kappa shape index (κ1) is 52.1. The molecule has 0 radical (unpaired) electrons. The van der Waals surface area contributed by atoms with Gasteiger partial charge in [0.25, 0.3) is 0 Å². The maximum Gasteiger partial charge on any atom is 0.407 e. The largest absolute Gasteiger partial charge is 0.481 e. The zero-order valence-electron chi connectivity index (χ0n) is 39.6. The van der Waals surface area contributed by atoms with Crippen LogP contribution in [0.5, 0.6) is 0 Å². The van der Waals surface area contributed by atoms with Gasteiger partial charge in [-0.1, -0.05) is 61.5 Å². The molecule has 4 fully saturated rings. The summed E-state index contributed by atoms with van der Waals surface area (Å²) in [6.07, 6.45) is 5.11. The average molecular weight is 915 g/mol. The zero-order chi connectivity index (χ0) is 46.4. The maximum absolute atomic E-state index is 14.6. The number of aliphatic carboxylic acids is 1. The van der Waals surface area contributed by atoms with Gasteiger partial charge < -0.3 is 53.8 Å². The first-order chi connectivity index (χ1) is 29.8. The number of hydrogen-bond acceptors (Lipinski definition) is 12. The molecule has 0 aromatic rings. The third-order valence-electron chi connectivity index (χ3n) is 15.7. The molecule has 4 N–H and O–H groups in total. The molecule has 0 aromatic heterocycles. The minimum absolute atomic E-state index is 0.0220. The Morgan fingerprint density at radius 2 is 1.60 bits per heavy atom. The highest BCUT2D eigenvalue weighted by atomic mass is 35.5. The van der Waals surface area contributed by atoms with Crippen molar-refractivity contribution in [3.05, 3.63) is 12.2 Å². The molecular weight excluding hydrogens is 834 g/mol. The number of carbonyl (C=O) groups is 3. The van der Waals surface area contributed by atoms with Crippen LogP contribution in [0, 0.1) is 41.4 Å². The number of Topliss-reactive ketones (excluding diaryl/α,β-unsaturated/α-hetero) is 1. The number of aliphatic hydroxyl groups is 2. The summed E-state index contributed by atoms with van der Waals surface area (Å²) in [6, 6.07) is -0.642. The number of amides is 1. The molecule has 5 aliphatic heterocycles. The zero-order valence-corrected chi connectivity index (χ0v) is 40.3. The van der Waals surface area contributed by atoms with Crippen molar-refractivity contribution in [1.29, 1.82) is 0 Å². The maximum atomic E-state index is 14.6. The van der Waals surface area contributed by atoms with Crippen LogP contribution in [-0.4, -0.2) is 131 Å². The van der Waals surface area contributed by atoms with E-state index in [2.05, 4.69) is 33.0 Å². The molecule has 0 saturated carbocycles. The Balaban J connectivity index is 1.35. The SMILES string of the molecule is CC[C@@H](C(=O)[C@@H](C)[C@@H](O)[C@H](C)[C@@H]1O[C@@H]([C@@H](CC)C(=O)O)CC[C@@H]1C)[C@H]1O[C@]2(C=C[C@@H](NC(=O)OCCOCCCl)C(C3CC[C@@](C)([C@H]4CC[C@](O)(CC)[C@H](C)O4)O3)O2)[C@H](C)C[C@@H]1C. The predicted molar refractivity (Wildman–Crippen MR) is 237 cm³/mol. The molecule has 1 amide bonds. The van der Waals surface area contributed by atoms with Gasteiger partial charge in [0.15, 0.2) is 5.79 Å². The molecule has 0 aromatic carbocycles. The van der Waals surface area contributed by atoms with Crippen LogP contribution >= 0.6 is 11.6 Å². The van der Waals surface area contributed by atoms with Gasteiger partial charge in [-0.15, -0.1) is 11.6 Å². The Hall–Kier alpha value is -1.88. The molecule has 4 saturated heterocycles. The third kappa shape index (κ3) is 11.6. The minimum atomic E-state index is -1.25. The highest BCUT2D eigenvalue weighted by Crippen LogP contribution is 2.49. The fraction of sp³-hybridized carbons (Fsp3) is 0.896. The van der Waals surface area contributed by atoms with Crippen molar-refractivity contribution < 1.29 is 62.9 Å². The molecule has 5 heterocycles. The molecule has 19 atom stereocenters. The van der Waals surface area contributed by atoms with Gasteiger partial charge in [0.05, 0.1) is 79.1 Å². The Morgan fingerprint density at radius 1 is 0.889 bits per heavy atom. The molecule has 15 heteroatoms. The Labute approximate surface area is 381 Å². The van der Waals surface area contributed by atoms with E-state index in [9.17, 15) is 29.7 Å². The fourth-order valence-electron chi connectivity index (χ4n) is 11.3. The average Bonchev–Trinajstić information content (AvgIpc) is 3.66. The lowest BCUT2D eigenvalue weighted by Gasteiger charge is -2.52. The van der Waals surface area contributed by atoms with Gasteiger partial charge in [-0.3, -0.25) is 9.59 Å². The van der Waals surface area contributed by atoms with Gasteiger partial charge in [0.2, 0.25) is 0 Å². The number of nitrogens with one attached hydrogen (secondary N) is 1. The standard InChI is InChI=1S/C48H80ClNO13/c1-11-33(44(53)54)36-15-14-27(4)41(60-36)31(8)39(51)30(7)40(52)34(12-2)42-28(5)26-29(6)48(62-42)21-16-35(50-45(55)58-25-24-57-23-22-49)43(63-48)37-17-19-46(10,61-37)38-18-20-47(56,13-3)32(9)59-38/h16,21,27-39,41-43,51,56H,11-15,17-20,22-26H2,1-10H3,(H,50,55)(H,53,54)/t27-,28-,29+,30-,31-,32-,33+,34-,35+,36+,37?,38+,39+,41+,42-,43?,46-,47+,48-/m0/s1. The van der Waals surface area contributed by atoms with Crippen LogP contribution in [0.3, 0.4) is 0 Å². The number of alkyl carbamates (subject to hydrolysis) is 1. The highest BCUT2D eigenvalue weighted by Gasteiger charge is 2.57. The molecule has 5 aliphatic rings. The van der Waals surface area contributed by atoms with E-state index in [0.29, 0.717) is 70.3 Å². The van der Waals surface area contributed by atoms with Gasteiger partial charge in [-0.05, 0) is 96.0 Å². The summed E-state index contributed by atoms with van der Waals surface area (Å²) in [5, 5.41) is 35.8. The second kappa shape index (κ2) is 22.3. The lowest BCUT2D eigenvalue weighted by molar-refractivity contribution is -0.327. The number of carbonyl (C=O) groups excluding carboxylic acids is 2. The number of ether oxygens (including phenoxy) is 7. The first-order valence-corrected chi connectivity index (χ1v) is 24.6. The minimum Gasteiger partial charge on any atom is -0.481 e. The predicted octanol–water partition coefficient (Wildman–Crippen LogP) is 7.22. The quantitative estimate of drug-likeness (QED) is 0.0579. The van der Waals surface area contributed by atoms with Gasteiger partial charge in [0, 0.05) is 29.6 Å². The Kier molecular flexibility index (Phi) is 18.4. The van der Waals surface area contributed by atoms with Crippen molar-refractivity contribution in [3.8, 4) is 0 Å².